The molecular formula is C18H21F2N3. The molecule has 3 atom stereocenters. The summed E-state index contributed by atoms with van der Waals surface area (Å²) in [6, 6.07) is 4.73. The monoisotopic (exact) mass is 317 g/mol. The molecule has 23 heavy (non-hydrogen) atoms. The zero-order chi connectivity index (χ0) is 16.0. The van der Waals surface area contributed by atoms with Gasteiger partial charge in [0.2, 0.25) is 0 Å². The van der Waals surface area contributed by atoms with Crippen LogP contribution < -0.4 is 4.90 Å². The van der Waals surface area contributed by atoms with E-state index in [9.17, 15) is 8.78 Å². The molecule has 1 heterocycles. The van der Waals surface area contributed by atoms with Gasteiger partial charge in [-0.25, -0.2) is 8.78 Å². The van der Waals surface area contributed by atoms with Gasteiger partial charge in [-0.3, -0.25) is 4.90 Å². The number of anilines is 1. The summed E-state index contributed by atoms with van der Waals surface area (Å²) in [5, 5.41) is 8.79. The third kappa shape index (κ3) is 2.59. The quantitative estimate of drug-likeness (QED) is 0.839. The molecule has 0 spiro atoms. The average molecular weight is 317 g/mol. The predicted molar refractivity (Wildman–Crippen MR) is 84.1 cm³/mol. The number of nitriles is 1. The minimum absolute atomic E-state index is 0.0246. The molecule has 5 heteroatoms. The number of fused-ring (bicyclic) bond motifs is 2. The third-order valence-electron chi connectivity index (χ3n) is 5.95. The number of piperazine rings is 1. The molecule has 0 aromatic heterocycles. The Morgan fingerprint density at radius 3 is 2.22 bits per heavy atom. The highest BCUT2D eigenvalue weighted by atomic mass is 19.1. The maximum absolute atomic E-state index is 14.2. The van der Waals surface area contributed by atoms with E-state index in [0.717, 1.165) is 37.1 Å². The van der Waals surface area contributed by atoms with E-state index in [1.165, 1.54) is 25.7 Å². The van der Waals surface area contributed by atoms with Gasteiger partial charge in [0.1, 0.15) is 5.69 Å². The lowest BCUT2D eigenvalue weighted by Gasteiger charge is -2.41. The van der Waals surface area contributed by atoms with Crippen LogP contribution in [0.5, 0.6) is 0 Å². The fourth-order valence-electron chi connectivity index (χ4n) is 4.87. The van der Waals surface area contributed by atoms with Crippen molar-refractivity contribution in [1.82, 2.24) is 4.90 Å². The van der Waals surface area contributed by atoms with Gasteiger partial charge in [-0.2, -0.15) is 5.26 Å². The molecule has 1 aromatic carbocycles. The average Bonchev–Trinajstić information content (AvgIpc) is 3.18. The molecule has 3 aliphatic rings. The van der Waals surface area contributed by atoms with Crippen LogP contribution in [0, 0.1) is 34.8 Å². The summed E-state index contributed by atoms with van der Waals surface area (Å²) in [6.45, 7) is 3.03. The van der Waals surface area contributed by atoms with Crippen LogP contribution in [0.1, 0.15) is 31.2 Å². The van der Waals surface area contributed by atoms with Gasteiger partial charge in [-0.1, -0.05) is 6.42 Å². The molecule has 2 aliphatic carbocycles. The van der Waals surface area contributed by atoms with Gasteiger partial charge in [-0.05, 0) is 43.2 Å². The fraction of sp³-hybridized carbons (Fsp3) is 0.611. The summed E-state index contributed by atoms with van der Waals surface area (Å²) in [4.78, 5) is 4.31. The molecule has 3 unspecified atom stereocenters. The highest BCUT2D eigenvalue weighted by molar-refractivity contribution is 5.53. The maximum atomic E-state index is 14.2. The van der Waals surface area contributed by atoms with Gasteiger partial charge in [0.15, 0.2) is 11.6 Å². The largest absolute Gasteiger partial charge is 0.364 e. The third-order valence-corrected chi connectivity index (χ3v) is 5.95. The van der Waals surface area contributed by atoms with Crippen molar-refractivity contribution in [3.8, 4) is 6.07 Å². The lowest BCUT2D eigenvalue weighted by molar-refractivity contribution is 0.134. The first-order chi connectivity index (χ1) is 11.2. The van der Waals surface area contributed by atoms with Crippen LogP contribution in [0.15, 0.2) is 12.1 Å². The van der Waals surface area contributed by atoms with Crippen LogP contribution in [0.2, 0.25) is 0 Å². The van der Waals surface area contributed by atoms with E-state index in [1.807, 2.05) is 0 Å². The zero-order valence-corrected chi connectivity index (χ0v) is 13.1. The smallest absolute Gasteiger partial charge is 0.150 e. The van der Waals surface area contributed by atoms with E-state index < -0.39 is 11.6 Å². The molecule has 0 N–H and O–H groups in total. The first kappa shape index (κ1) is 14.9. The molecule has 2 saturated carbocycles. The molecule has 1 aliphatic heterocycles. The van der Waals surface area contributed by atoms with Crippen LogP contribution in [-0.2, 0) is 0 Å². The predicted octanol–water partition coefficient (Wildman–Crippen LogP) is 3.15. The minimum Gasteiger partial charge on any atom is -0.364 e. The van der Waals surface area contributed by atoms with Crippen LogP contribution in [0.4, 0.5) is 14.5 Å². The molecular weight excluding hydrogens is 296 g/mol. The lowest BCUT2D eigenvalue weighted by Crippen LogP contribution is -2.52. The number of hydrogen-bond acceptors (Lipinski definition) is 3. The lowest BCUT2D eigenvalue weighted by atomic mass is 9.93. The standard InChI is InChI=1S/C18H21F2N3/c19-15-8-13(11-21)9-16(20)18(15)23-5-3-22(4-6-23)17-10-12-1-2-14(17)7-12/h8-9,12,14,17H,1-7,10H2. The Morgan fingerprint density at radius 2 is 1.70 bits per heavy atom. The Morgan fingerprint density at radius 1 is 1.00 bits per heavy atom. The summed E-state index contributed by atoms with van der Waals surface area (Å²) in [6.07, 6.45) is 5.44. The van der Waals surface area contributed by atoms with Crippen LogP contribution >= 0.6 is 0 Å². The van der Waals surface area contributed by atoms with Crippen molar-refractivity contribution in [3.63, 3.8) is 0 Å². The molecule has 122 valence electrons. The van der Waals surface area contributed by atoms with Crippen LogP contribution in [-0.4, -0.2) is 37.1 Å². The van der Waals surface area contributed by atoms with Crippen molar-refractivity contribution in [3.05, 3.63) is 29.3 Å². The van der Waals surface area contributed by atoms with E-state index in [1.54, 1.807) is 11.0 Å². The number of hydrogen-bond donors (Lipinski definition) is 0. The van der Waals surface area contributed by atoms with Crippen LogP contribution in [0.3, 0.4) is 0 Å². The highest BCUT2D eigenvalue weighted by Crippen LogP contribution is 2.46. The maximum Gasteiger partial charge on any atom is 0.150 e. The number of halogens is 2. The number of benzene rings is 1. The molecule has 1 aromatic rings. The topological polar surface area (TPSA) is 30.3 Å². The molecule has 0 radical (unpaired) electrons. The first-order valence-corrected chi connectivity index (χ1v) is 8.54. The second-order valence-electron chi connectivity index (χ2n) is 7.17. The molecule has 4 rings (SSSR count). The van der Waals surface area contributed by atoms with Gasteiger partial charge < -0.3 is 4.90 Å². The molecule has 3 fully saturated rings. The minimum atomic E-state index is -0.630. The second kappa shape index (κ2) is 5.76. The van der Waals surface area contributed by atoms with E-state index in [-0.39, 0.29) is 11.3 Å². The summed E-state index contributed by atoms with van der Waals surface area (Å²) in [5.41, 5.74) is 0.0564. The van der Waals surface area contributed by atoms with Gasteiger partial charge in [0.05, 0.1) is 11.6 Å². The first-order valence-electron chi connectivity index (χ1n) is 8.54. The van der Waals surface area contributed by atoms with Crippen molar-refractivity contribution in [2.24, 2.45) is 11.8 Å². The van der Waals surface area contributed by atoms with Gasteiger partial charge in [0.25, 0.3) is 0 Å². The van der Waals surface area contributed by atoms with Gasteiger partial charge >= 0.3 is 0 Å². The van der Waals surface area contributed by atoms with E-state index >= 15 is 0 Å². The summed E-state index contributed by atoms with van der Waals surface area (Å²) < 4.78 is 28.3. The van der Waals surface area contributed by atoms with Crippen molar-refractivity contribution in [1.29, 1.82) is 5.26 Å². The van der Waals surface area contributed by atoms with Crippen LogP contribution in [0.25, 0.3) is 0 Å². The number of rotatable bonds is 2. The Bertz CT molecular complexity index is 623. The van der Waals surface area contributed by atoms with E-state index in [0.29, 0.717) is 19.1 Å². The van der Waals surface area contributed by atoms with Crippen molar-refractivity contribution in [2.75, 3.05) is 31.1 Å². The summed E-state index contributed by atoms with van der Waals surface area (Å²) in [7, 11) is 0. The van der Waals surface area contributed by atoms with Gasteiger partial charge in [0, 0.05) is 32.2 Å². The second-order valence-corrected chi connectivity index (χ2v) is 7.17. The number of nitrogens with zero attached hydrogens (tertiary/aromatic N) is 3. The Balaban J connectivity index is 1.45. The molecule has 2 bridgehead atoms. The van der Waals surface area contributed by atoms with Crippen molar-refractivity contribution >= 4 is 5.69 Å². The highest BCUT2D eigenvalue weighted by Gasteiger charge is 2.42. The molecule has 3 nitrogen and oxygen atoms in total. The SMILES string of the molecule is N#Cc1cc(F)c(N2CCN(C3CC4CCC3C4)CC2)c(F)c1. The fourth-order valence-corrected chi connectivity index (χ4v) is 4.87. The Kier molecular flexibility index (Phi) is 3.73. The Labute approximate surface area is 135 Å². The van der Waals surface area contributed by atoms with E-state index in [2.05, 4.69) is 4.90 Å². The summed E-state index contributed by atoms with van der Waals surface area (Å²) >= 11 is 0. The van der Waals surface area contributed by atoms with Gasteiger partial charge in [-0.15, -0.1) is 0 Å². The zero-order valence-electron chi connectivity index (χ0n) is 13.1. The molecule has 0 amide bonds. The normalized spacial score (nSPS) is 30.7. The van der Waals surface area contributed by atoms with Crippen molar-refractivity contribution < 1.29 is 8.78 Å². The molecule has 1 saturated heterocycles. The van der Waals surface area contributed by atoms with E-state index in [4.69, 9.17) is 5.26 Å². The Hall–Kier alpha value is -1.67. The summed E-state index contributed by atoms with van der Waals surface area (Å²) in [5.74, 6) is 0.497. The van der Waals surface area contributed by atoms with Crippen molar-refractivity contribution in [2.45, 2.75) is 31.7 Å².